The Morgan fingerprint density at radius 3 is 2.88 bits per heavy atom. The second-order valence-corrected chi connectivity index (χ2v) is 7.01. The zero-order valence-electron chi connectivity index (χ0n) is 11.5. The van der Waals surface area contributed by atoms with Gasteiger partial charge in [-0.3, -0.25) is 0 Å². The average Bonchev–Trinajstić information content (AvgIpc) is 2.39. The number of rotatable bonds is 4. The van der Waals surface area contributed by atoms with Crippen molar-refractivity contribution in [2.45, 2.75) is 50.3 Å². The fraction of sp³-hybridized carbons (Fsp3) is 1.00. The van der Waals surface area contributed by atoms with Crippen LogP contribution in [0.2, 0.25) is 0 Å². The molecule has 1 heterocycles. The van der Waals surface area contributed by atoms with Crippen molar-refractivity contribution in [3.63, 3.8) is 0 Å². The predicted octanol–water partition coefficient (Wildman–Crippen LogP) is 2.59. The summed E-state index contributed by atoms with van der Waals surface area (Å²) in [5.74, 6) is 2.24. The van der Waals surface area contributed by atoms with E-state index >= 15 is 0 Å². The fourth-order valence-electron chi connectivity index (χ4n) is 3.33. The molecular weight excluding hydrogens is 228 g/mol. The summed E-state index contributed by atoms with van der Waals surface area (Å²) in [7, 11) is 2.14. The van der Waals surface area contributed by atoms with Crippen molar-refractivity contribution in [3.8, 4) is 0 Å². The largest absolute Gasteiger partial charge is 0.317 e. The van der Waals surface area contributed by atoms with Gasteiger partial charge in [0.1, 0.15) is 0 Å². The van der Waals surface area contributed by atoms with Crippen LogP contribution >= 0.6 is 11.8 Å². The normalized spacial score (nSPS) is 36.0. The lowest BCUT2D eigenvalue weighted by Crippen LogP contribution is -2.46. The van der Waals surface area contributed by atoms with Crippen LogP contribution in [-0.4, -0.2) is 48.6 Å². The average molecular weight is 256 g/mol. The summed E-state index contributed by atoms with van der Waals surface area (Å²) in [6.45, 7) is 6.31. The van der Waals surface area contributed by atoms with Gasteiger partial charge >= 0.3 is 0 Å². The van der Waals surface area contributed by atoms with Crippen molar-refractivity contribution in [2.24, 2.45) is 5.92 Å². The van der Waals surface area contributed by atoms with Crippen LogP contribution in [0.4, 0.5) is 0 Å². The Kier molecular flexibility index (Phi) is 5.64. The minimum absolute atomic E-state index is 0.776. The second-order valence-electron chi connectivity index (χ2n) is 5.60. The Labute approximate surface area is 111 Å². The van der Waals surface area contributed by atoms with E-state index in [9.17, 15) is 0 Å². The van der Waals surface area contributed by atoms with E-state index in [0.29, 0.717) is 0 Å². The van der Waals surface area contributed by atoms with Crippen LogP contribution in [0.15, 0.2) is 0 Å². The molecule has 1 aliphatic heterocycles. The van der Waals surface area contributed by atoms with Crippen molar-refractivity contribution in [1.82, 2.24) is 10.2 Å². The van der Waals surface area contributed by atoms with Crippen molar-refractivity contribution in [3.05, 3.63) is 0 Å². The molecule has 0 radical (unpaired) electrons. The fourth-order valence-corrected chi connectivity index (χ4v) is 4.58. The molecule has 3 unspecified atom stereocenters. The molecule has 3 atom stereocenters. The monoisotopic (exact) mass is 256 g/mol. The van der Waals surface area contributed by atoms with Crippen LogP contribution in [0.5, 0.6) is 0 Å². The van der Waals surface area contributed by atoms with Gasteiger partial charge in [-0.1, -0.05) is 19.8 Å². The van der Waals surface area contributed by atoms with Gasteiger partial charge in [0.25, 0.3) is 0 Å². The van der Waals surface area contributed by atoms with Crippen LogP contribution < -0.4 is 5.32 Å². The Balaban J connectivity index is 1.81. The quantitative estimate of drug-likeness (QED) is 0.832. The molecule has 2 aliphatic rings. The summed E-state index contributed by atoms with van der Waals surface area (Å²) in [6.07, 6.45) is 7.03. The van der Waals surface area contributed by atoms with Crippen LogP contribution in [0, 0.1) is 5.92 Å². The first-order chi connectivity index (χ1) is 8.33. The zero-order valence-corrected chi connectivity index (χ0v) is 12.3. The lowest BCUT2D eigenvalue weighted by Gasteiger charge is -2.38. The minimum Gasteiger partial charge on any atom is -0.317 e. The molecule has 0 aromatic carbocycles. The lowest BCUT2D eigenvalue weighted by atomic mass is 9.84. The van der Waals surface area contributed by atoms with Gasteiger partial charge in [-0.25, -0.2) is 0 Å². The standard InChI is InChI=1S/C14H28N2S/c1-3-13-11-16(8-9-17-13)10-12-6-4-5-7-14(12)15-2/h12-15H,3-11H2,1-2H3. The Bertz CT molecular complexity index is 222. The van der Waals surface area contributed by atoms with Crippen molar-refractivity contribution in [2.75, 3.05) is 32.4 Å². The first-order valence-electron chi connectivity index (χ1n) is 7.34. The second kappa shape index (κ2) is 7.01. The van der Waals surface area contributed by atoms with Gasteiger partial charge in [0, 0.05) is 36.7 Å². The van der Waals surface area contributed by atoms with Crippen LogP contribution in [0.1, 0.15) is 39.0 Å². The van der Waals surface area contributed by atoms with Gasteiger partial charge in [-0.2, -0.15) is 11.8 Å². The highest BCUT2D eigenvalue weighted by molar-refractivity contribution is 8.00. The third kappa shape index (κ3) is 3.87. The molecule has 17 heavy (non-hydrogen) atoms. The number of nitrogens with zero attached hydrogens (tertiary/aromatic N) is 1. The maximum absolute atomic E-state index is 3.54. The lowest BCUT2D eigenvalue weighted by molar-refractivity contribution is 0.174. The highest BCUT2D eigenvalue weighted by Crippen LogP contribution is 2.27. The van der Waals surface area contributed by atoms with E-state index < -0.39 is 0 Å². The van der Waals surface area contributed by atoms with Gasteiger partial charge in [0.05, 0.1) is 0 Å². The molecule has 3 heteroatoms. The number of thioether (sulfide) groups is 1. The number of nitrogens with one attached hydrogen (secondary N) is 1. The molecule has 1 saturated heterocycles. The molecule has 0 aromatic rings. The van der Waals surface area contributed by atoms with E-state index in [0.717, 1.165) is 17.2 Å². The molecule has 2 nitrogen and oxygen atoms in total. The van der Waals surface area contributed by atoms with E-state index in [4.69, 9.17) is 0 Å². The molecule has 1 N–H and O–H groups in total. The first kappa shape index (κ1) is 13.7. The molecule has 2 rings (SSSR count). The third-order valence-corrected chi connectivity index (χ3v) is 5.82. The Hall–Kier alpha value is 0.270. The minimum atomic E-state index is 0.776. The SMILES string of the molecule is CCC1CN(CC2CCCCC2NC)CCS1. The summed E-state index contributed by atoms with van der Waals surface area (Å²) in [6, 6.07) is 0.776. The maximum Gasteiger partial charge on any atom is 0.0172 e. The molecule has 100 valence electrons. The highest BCUT2D eigenvalue weighted by Gasteiger charge is 2.27. The Morgan fingerprint density at radius 2 is 2.12 bits per heavy atom. The molecule has 1 aliphatic carbocycles. The molecular formula is C14H28N2S. The van der Waals surface area contributed by atoms with Crippen LogP contribution in [-0.2, 0) is 0 Å². The van der Waals surface area contributed by atoms with Gasteiger partial charge < -0.3 is 10.2 Å². The van der Waals surface area contributed by atoms with Crippen molar-refractivity contribution < 1.29 is 0 Å². The summed E-state index contributed by atoms with van der Waals surface area (Å²) < 4.78 is 0. The predicted molar refractivity (Wildman–Crippen MR) is 77.8 cm³/mol. The summed E-state index contributed by atoms with van der Waals surface area (Å²) in [5.41, 5.74) is 0. The number of hydrogen-bond acceptors (Lipinski definition) is 3. The van der Waals surface area contributed by atoms with Gasteiger partial charge in [0.2, 0.25) is 0 Å². The summed E-state index contributed by atoms with van der Waals surface area (Å²) in [4.78, 5) is 2.73. The van der Waals surface area contributed by atoms with E-state index in [1.54, 1.807) is 0 Å². The zero-order chi connectivity index (χ0) is 12.1. The molecule has 2 fully saturated rings. The smallest absolute Gasteiger partial charge is 0.0172 e. The summed E-state index contributed by atoms with van der Waals surface area (Å²) in [5, 5.41) is 4.43. The van der Waals surface area contributed by atoms with E-state index in [1.807, 2.05) is 0 Å². The topological polar surface area (TPSA) is 15.3 Å². The molecule has 0 spiro atoms. The van der Waals surface area contributed by atoms with E-state index in [-0.39, 0.29) is 0 Å². The van der Waals surface area contributed by atoms with Crippen molar-refractivity contribution >= 4 is 11.8 Å². The number of hydrogen-bond donors (Lipinski definition) is 1. The maximum atomic E-state index is 3.54. The molecule has 0 bridgehead atoms. The van der Waals surface area contributed by atoms with Gasteiger partial charge in [-0.05, 0) is 32.2 Å². The van der Waals surface area contributed by atoms with E-state index in [2.05, 4.69) is 35.9 Å². The van der Waals surface area contributed by atoms with Gasteiger partial charge in [0.15, 0.2) is 0 Å². The highest BCUT2D eigenvalue weighted by atomic mass is 32.2. The summed E-state index contributed by atoms with van der Waals surface area (Å²) >= 11 is 2.18. The molecule has 1 saturated carbocycles. The van der Waals surface area contributed by atoms with Gasteiger partial charge in [-0.15, -0.1) is 0 Å². The first-order valence-corrected chi connectivity index (χ1v) is 8.39. The third-order valence-electron chi connectivity index (χ3n) is 4.45. The van der Waals surface area contributed by atoms with Crippen molar-refractivity contribution in [1.29, 1.82) is 0 Å². The van der Waals surface area contributed by atoms with Crippen LogP contribution in [0.25, 0.3) is 0 Å². The van der Waals surface area contributed by atoms with Crippen LogP contribution in [0.3, 0.4) is 0 Å². The Morgan fingerprint density at radius 1 is 1.29 bits per heavy atom. The molecule has 0 amide bonds. The molecule has 0 aromatic heterocycles. The van der Waals surface area contributed by atoms with E-state index in [1.165, 1.54) is 57.5 Å².